The van der Waals surface area contributed by atoms with Crippen LogP contribution in [0.1, 0.15) is 70.1 Å². The van der Waals surface area contributed by atoms with E-state index in [2.05, 4.69) is 32.8 Å². The smallest absolute Gasteiger partial charge is 0.0858 e. The standard InChI is InChI=1S/C15H26N2O2/c1-9-13(11(3)18)10(2)17(16-9)12-8-14(4,5)19-15(12,6)7/h11-12,18H,8H2,1-7H3. The Morgan fingerprint density at radius 3 is 2.26 bits per heavy atom. The molecule has 2 unspecified atom stereocenters. The van der Waals surface area contributed by atoms with Crippen molar-refractivity contribution >= 4 is 0 Å². The van der Waals surface area contributed by atoms with E-state index in [0.29, 0.717) is 0 Å². The molecule has 0 aliphatic carbocycles. The summed E-state index contributed by atoms with van der Waals surface area (Å²) in [5, 5.41) is 14.5. The molecule has 0 amide bonds. The molecule has 108 valence electrons. The third-order valence-electron chi connectivity index (χ3n) is 4.12. The van der Waals surface area contributed by atoms with Gasteiger partial charge in [0.05, 0.1) is 29.0 Å². The maximum absolute atomic E-state index is 9.89. The molecule has 1 aromatic rings. The summed E-state index contributed by atoms with van der Waals surface area (Å²) in [4.78, 5) is 0. The molecule has 1 saturated heterocycles. The normalized spacial score (nSPS) is 26.6. The first-order valence-electron chi connectivity index (χ1n) is 6.99. The zero-order valence-corrected chi connectivity index (χ0v) is 13.1. The maximum atomic E-state index is 9.89. The minimum Gasteiger partial charge on any atom is -0.389 e. The Kier molecular flexibility index (Phi) is 3.30. The third-order valence-corrected chi connectivity index (χ3v) is 4.12. The average molecular weight is 266 g/mol. The highest BCUT2D eigenvalue weighted by Gasteiger charge is 2.48. The van der Waals surface area contributed by atoms with Gasteiger partial charge in [-0.05, 0) is 48.5 Å². The summed E-state index contributed by atoms with van der Waals surface area (Å²) in [5.41, 5.74) is 2.52. The molecular formula is C15H26N2O2. The monoisotopic (exact) mass is 266 g/mol. The summed E-state index contributed by atoms with van der Waals surface area (Å²) in [6.45, 7) is 14.3. The van der Waals surface area contributed by atoms with E-state index in [4.69, 9.17) is 4.74 Å². The van der Waals surface area contributed by atoms with Crippen molar-refractivity contribution in [3.05, 3.63) is 17.0 Å². The number of aryl methyl sites for hydroxylation is 1. The Labute approximate surface area is 115 Å². The minimum atomic E-state index is -0.479. The second kappa shape index (κ2) is 4.32. The van der Waals surface area contributed by atoms with E-state index in [0.717, 1.165) is 23.4 Å². The fourth-order valence-electron chi connectivity index (χ4n) is 3.50. The van der Waals surface area contributed by atoms with E-state index in [1.54, 1.807) is 6.92 Å². The molecule has 2 rings (SSSR count). The molecule has 0 spiro atoms. The van der Waals surface area contributed by atoms with Crippen molar-refractivity contribution < 1.29 is 9.84 Å². The van der Waals surface area contributed by atoms with E-state index in [-0.39, 0.29) is 17.2 Å². The van der Waals surface area contributed by atoms with Gasteiger partial charge in [0.1, 0.15) is 0 Å². The number of aromatic nitrogens is 2. The summed E-state index contributed by atoms with van der Waals surface area (Å²) in [7, 11) is 0. The quantitative estimate of drug-likeness (QED) is 0.895. The molecule has 0 bridgehead atoms. The molecule has 1 aliphatic rings. The first kappa shape index (κ1) is 14.5. The Bertz CT molecular complexity index is 487. The fraction of sp³-hybridized carbons (Fsp3) is 0.800. The highest BCUT2D eigenvalue weighted by Crippen LogP contribution is 2.45. The van der Waals surface area contributed by atoms with E-state index in [9.17, 15) is 5.11 Å². The predicted molar refractivity (Wildman–Crippen MR) is 75.2 cm³/mol. The van der Waals surface area contributed by atoms with Gasteiger partial charge in [0.2, 0.25) is 0 Å². The first-order chi connectivity index (χ1) is 8.55. The van der Waals surface area contributed by atoms with E-state index in [1.165, 1.54) is 0 Å². The zero-order chi connectivity index (χ0) is 14.6. The lowest BCUT2D eigenvalue weighted by Gasteiger charge is -2.28. The molecular weight excluding hydrogens is 240 g/mol. The number of hydrogen-bond acceptors (Lipinski definition) is 3. The van der Waals surface area contributed by atoms with Crippen molar-refractivity contribution in [3.63, 3.8) is 0 Å². The zero-order valence-electron chi connectivity index (χ0n) is 13.1. The van der Waals surface area contributed by atoms with Crippen LogP contribution in [0.2, 0.25) is 0 Å². The van der Waals surface area contributed by atoms with Gasteiger partial charge in [-0.1, -0.05) is 0 Å². The highest BCUT2D eigenvalue weighted by molar-refractivity contribution is 5.27. The first-order valence-corrected chi connectivity index (χ1v) is 6.99. The third kappa shape index (κ3) is 2.43. The summed E-state index contributed by atoms with van der Waals surface area (Å²) in [5.74, 6) is 0. The summed E-state index contributed by atoms with van der Waals surface area (Å²) in [6, 6.07) is 0.202. The Hall–Kier alpha value is -0.870. The van der Waals surface area contributed by atoms with Crippen LogP contribution in [-0.2, 0) is 4.74 Å². The van der Waals surface area contributed by atoms with Crippen molar-refractivity contribution in [2.45, 2.75) is 78.2 Å². The van der Waals surface area contributed by atoms with E-state index >= 15 is 0 Å². The van der Waals surface area contributed by atoms with Gasteiger partial charge < -0.3 is 9.84 Å². The molecule has 0 radical (unpaired) electrons. The Balaban J connectivity index is 2.46. The topological polar surface area (TPSA) is 47.3 Å². The van der Waals surface area contributed by atoms with Crippen LogP contribution in [0.5, 0.6) is 0 Å². The molecule has 1 aromatic heterocycles. The van der Waals surface area contributed by atoms with Gasteiger partial charge in [-0.2, -0.15) is 5.10 Å². The van der Waals surface area contributed by atoms with Crippen molar-refractivity contribution in [3.8, 4) is 0 Å². The van der Waals surface area contributed by atoms with Gasteiger partial charge in [-0.25, -0.2) is 0 Å². The number of rotatable bonds is 2. The van der Waals surface area contributed by atoms with Gasteiger partial charge in [0.15, 0.2) is 0 Å². The van der Waals surface area contributed by atoms with Crippen LogP contribution in [0.4, 0.5) is 0 Å². The fourth-order valence-corrected chi connectivity index (χ4v) is 3.50. The van der Waals surface area contributed by atoms with Gasteiger partial charge in [0.25, 0.3) is 0 Å². The van der Waals surface area contributed by atoms with Crippen LogP contribution in [0.3, 0.4) is 0 Å². The van der Waals surface area contributed by atoms with Gasteiger partial charge >= 0.3 is 0 Å². The van der Waals surface area contributed by atoms with Gasteiger partial charge in [0, 0.05) is 17.7 Å². The van der Waals surface area contributed by atoms with E-state index in [1.807, 2.05) is 18.5 Å². The molecule has 0 saturated carbocycles. The highest BCUT2D eigenvalue weighted by atomic mass is 16.5. The second-order valence-corrected chi connectivity index (χ2v) is 6.89. The maximum Gasteiger partial charge on any atom is 0.0858 e. The van der Waals surface area contributed by atoms with Crippen LogP contribution in [-0.4, -0.2) is 26.1 Å². The Morgan fingerprint density at radius 2 is 1.89 bits per heavy atom. The molecule has 4 heteroatoms. The number of hydrogen-bond donors (Lipinski definition) is 1. The molecule has 4 nitrogen and oxygen atoms in total. The van der Waals surface area contributed by atoms with Crippen molar-refractivity contribution in [1.29, 1.82) is 0 Å². The molecule has 1 aliphatic heterocycles. The van der Waals surface area contributed by atoms with Crippen LogP contribution in [0.15, 0.2) is 0 Å². The molecule has 2 heterocycles. The largest absolute Gasteiger partial charge is 0.389 e. The lowest BCUT2D eigenvalue weighted by Crippen LogP contribution is -2.32. The van der Waals surface area contributed by atoms with Gasteiger partial charge in [-0.15, -0.1) is 0 Å². The Morgan fingerprint density at radius 1 is 1.32 bits per heavy atom. The lowest BCUT2D eigenvalue weighted by molar-refractivity contribution is -0.0739. The average Bonchev–Trinajstić information content (AvgIpc) is 2.59. The molecule has 1 fully saturated rings. The van der Waals surface area contributed by atoms with E-state index < -0.39 is 6.10 Å². The van der Waals surface area contributed by atoms with Crippen molar-refractivity contribution in [1.82, 2.24) is 9.78 Å². The van der Waals surface area contributed by atoms with Crippen LogP contribution < -0.4 is 0 Å². The number of nitrogens with zero attached hydrogens (tertiary/aromatic N) is 2. The molecule has 1 N–H and O–H groups in total. The molecule has 19 heavy (non-hydrogen) atoms. The SMILES string of the molecule is Cc1nn(C2CC(C)(C)OC2(C)C)c(C)c1C(C)O. The van der Waals surface area contributed by atoms with Gasteiger partial charge in [-0.3, -0.25) is 4.68 Å². The van der Waals surface area contributed by atoms with Crippen LogP contribution in [0, 0.1) is 13.8 Å². The predicted octanol–water partition coefficient (Wildman–Crippen LogP) is 3.07. The van der Waals surface area contributed by atoms with Crippen molar-refractivity contribution in [2.75, 3.05) is 0 Å². The number of ether oxygens (including phenoxy) is 1. The number of aliphatic hydroxyl groups excluding tert-OH is 1. The summed E-state index contributed by atoms with van der Waals surface area (Å²) < 4.78 is 8.19. The number of aliphatic hydroxyl groups is 1. The summed E-state index contributed by atoms with van der Waals surface area (Å²) >= 11 is 0. The van der Waals surface area contributed by atoms with Crippen molar-refractivity contribution in [2.24, 2.45) is 0 Å². The molecule has 0 aromatic carbocycles. The van der Waals surface area contributed by atoms with Crippen LogP contribution >= 0.6 is 0 Å². The summed E-state index contributed by atoms with van der Waals surface area (Å²) in [6.07, 6.45) is 0.452. The minimum absolute atomic E-state index is 0.133. The lowest BCUT2D eigenvalue weighted by atomic mass is 9.94. The second-order valence-electron chi connectivity index (χ2n) is 6.89. The molecule has 2 atom stereocenters. The van der Waals surface area contributed by atoms with Crippen LogP contribution in [0.25, 0.3) is 0 Å².